The molecule has 4 rings (SSSR count). The summed E-state index contributed by atoms with van der Waals surface area (Å²) in [6, 6.07) is 15.6. The molecule has 29 heavy (non-hydrogen) atoms. The van der Waals surface area contributed by atoms with Crippen LogP contribution in [0.4, 0.5) is 0 Å². The van der Waals surface area contributed by atoms with Gasteiger partial charge in [-0.25, -0.2) is 0 Å². The van der Waals surface area contributed by atoms with Crippen molar-refractivity contribution in [2.24, 2.45) is 0 Å². The fourth-order valence-corrected chi connectivity index (χ4v) is 4.00. The lowest BCUT2D eigenvalue weighted by molar-refractivity contribution is 0.0790. The third-order valence-corrected chi connectivity index (χ3v) is 5.43. The van der Waals surface area contributed by atoms with Gasteiger partial charge in [0.15, 0.2) is 11.5 Å². The van der Waals surface area contributed by atoms with Crippen LogP contribution in [0.15, 0.2) is 60.9 Å². The summed E-state index contributed by atoms with van der Waals surface area (Å²) in [7, 11) is 3.30. The quantitative estimate of drug-likeness (QED) is 0.645. The second kappa shape index (κ2) is 8.39. The third kappa shape index (κ3) is 3.97. The number of hydrogen-bond donors (Lipinski definition) is 0. The SMILES string of the molecule is COc1cccc([C@H]2CCN(C(=O)c3cccc(Cn4cccn4)c3)C2)c1OC. The smallest absolute Gasteiger partial charge is 0.253 e. The molecule has 1 aliphatic rings. The van der Waals surface area contributed by atoms with Gasteiger partial charge in [-0.3, -0.25) is 9.48 Å². The largest absolute Gasteiger partial charge is 0.493 e. The number of carbonyl (C=O) groups excluding carboxylic acids is 1. The van der Waals surface area contributed by atoms with Crippen LogP contribution < -0.4 is 9.47 Å². The minimum Gasteiger partial charge on any atom is -0.493 e. The highest BCUT2D eigenvalue weighted by Gasteiger charge is 2.30. The van der Waals surface area contributed by atoms with Crippen molar-refractivity contribution in [3.05, 3.63) is 77.6 Å². The van der Waals surface area contributed by atoms with E-state index in [1.807, 2.05) is 58.2 Å². The van der Waals surface area contributed by atoms with E-state index in [-0.39, 0.29) is 11.8 Å². The molecule has 3 aromatic rings. The number of benzene rings is 2. The van der Waals surface area contributed by atoms with Gasteiger partial charge >= 0.3 is 0 Å². The highest BCUT2D eigenvalue weighted by Crippen LogP contribution is 2.39. The van der Waals surface area contributed by atoms with E-state index < -0.39 is 0 Å². The van der Waals surface area contributed by atoms with Crippen molar-refractivity contribution in [1.82, 2.24) is 14.7 Å². The van der Waals surface area contributed by atoms with Gasteiger partial charge in [0.1, 0.15) is 0 Å². The van der Waals surface area contributed by atoms with E-state index >= 15 is 0 Å². The molecule has 150 valence electrons. The Balaban J connectivity index is 1.49. The summed E-state index contributed by atoms with van der Waals surface area (Å²) in [5, 5.41) is 4.24. The molecule has 0 unspecified atom stereocenters. The first-order valence-corrected chi connectivity index (χ1v) is 9.76. The molecule has 2 heterocycles. The number of nitrogens with zero attached hydrogens (tertiary/aromatic N) is 3. The Labute approximate surface area is 170 Å². The average Bonchev–Trinajstić information content (AvgIpc) is 3.45. The maximum Gasteiger partial charge on any atom is 0.253 e. The fraction of sp³-hybridized carbons (Fsp3) is 0.304. The Bertz CT molecular complexity index is 985. The second-order valence-electron chi connectivity index (χ2n) is 7.22. The Morgan fingerprint density at radius 1 is 1.14 bits per heavy atom. The Morgan fingerprint density at radius 3 is 2.76 bits per heavy atom. The van der Waals surface area contributed by atoms with Gasteiger partial charge in [-0.2, -0.15) is 5.10 Å². The van der Waals surface area contributed by atoms with Crippen molar-refractivity contribution in [3.63, 3.8) is 0 Å². The number of rotatable bonds is 6. The molecule has 2 aromatic carbocycles. The number of amides is 1. The molecule has 1 aliphatic heterocycles. The molecule has 0 N–H and O–H groups in total. The molecular formula is C23H25N3O3. The third-order valence-electron chi connectivity index (χ3n) is 5.43. The zero-order valence-corrected chi connectivity index (χ0v) is 16.7. The van der Waals surface area contributed by atoms with Crippen molar-refractivity contribution in [3.8, 4) is 11.5 Å². The summed E-state index contributed by atoms with van der Waals surface area (Å²) in [4.78, 5) is 15.0. The topological polar surface area (TPSA) is 56.6 Å². The summed E-state index contributed by atoms with van der Waals surface area (Å²) in [6.45, 7) is 2.05. The molecule has 1 saturated heterocycles. The standard InChI is InChI=1S/C23H25N3O3/c1-28-21-9-4-8-20(22(21)29-2)19-10-13-25(16-19)23(27)18-7-3-6-17(14-18)15-26-12-5-11-24-26/h3-9,11-12,14,19H,10,13,15-16H2,1-2H3/t19-/m0/s1. The van der Waals surface area contributed by atoms with Gasteiger partial charge in [-0.1, -0.05) is 24.3 Å². The van der Waals surface area contributed by atoms with Crippen LogP contribution in [0, 0.1) is 0 Å². The Morgan fingerprint density at radius 2 is 2.00 bits per heavy atom. The second-order valence-corrected chi connectivity index (χ2v) is 7.22. The number of aromatic nitrogens is 2. The average molecular weight is 391 g/mol. The van der Waals surface area contributed by atoms with Crippen molar-refractivity contribution >= 4 is 5.91 Å². The summed E-state index contributed by atoms with van der Waals surface area (Å²) < 4.78 is 12.9. The summed E-state index contributed by atoms with van der Waals surface area (Å²) in [5.41, 5.74) is 2.87. The van der Waals surface area contributed by atoms with Crippen LogP contribution in [0.5, 0.6) is 11.5 Å². The van der Waals surface area contributed by atoms with Crippen molar-refractivity contribution in [2.45, 2.75) is 18.9 Å². The highest BCUT2D eigenvalue weighted by atomic mass is 16.5. The molecule has 0 radical (unpaired) electrons. The lowest BCUT2D eigenvalue weighted by atomic mass is 9.97. The molecule has 1 amide bonds. The van der Waals surface area contributed by atoms with Gasteiger partial charge < -0.3 is 14.4 Å². The van der Waals surface area contributed by atoms with E-state index in [9.17, 15) is 4.79 Å². The Hall–Kier alpha value is -3.28. The molecule has 6 nitrogen and oxygen atoms in total. The van der Waals surface area contributed by atoms with Crippen LogP contribution in [0.25, 0.3) is 0 Å². The maximum atomic E-state index is 13.1. The lowest BCUT2D eigenvalue weighted by Crippen LogP contribution is -2.28. The van der Waals surface area contributed by atoms with Gasteiger partial charge in [-0.15, -0.1) is 0 Å². The number of para-hydroxylation sites is 1. The summed E-state index contributed by atoms with van der Waals surface area (Å²) in [6.07, 6.45) is 4.58. The molecule has 1 aromatic heterocycles. The molecule has 6 heteroatoms. The van der Waals surface area contributed by atoms with E-state index in [1.54, 1.807) is 20.4 Å². The zero-order chi connectivity index (χ0) is 20.2. The first-order valence-electron chi connectivity index (χ1n) is 9.76. The monoisotopic (exact) mass is 391 g/mol. The van der Waals surface area contributed by atoms with Gasteiger partial charge in [0, 0.05) is 42.5 Å². The number of hydrogen-bond acceptors (Lipinski definition) is 4. The van der Waals surface area contributed by atoms with Crippen molar-refractivity contribution < 1.29 is 14.3 Å². The van der Waals surface area contributed by atoms with Gasteiger partial charge in [0.2, 0.25) is 0 Å². The Kier molecular flexibility index (Phi) is 5.51. The minimum absolute atomic E-state index is 0.0664. The highest BCUT2D eigenvalue weighted by molar-refractivity contribution is 5.94. The van der Waals surface area contributed by atoms with Crippen LogP contribution >= 0.6 is 0 Å². The molecule has 1 atom stereocenters. The molecule has 0 bridgehead atoms. The van der Waals surface area contributed by atoms with Crippen LogP contribution in [-0.4, -0.2) is 47.9 Å². The summed E-state index contributed by atoms with van der Waals surface area (Å²) >= 11 is 0. The fourth-order valence-electron chi connectivity index (χ4n) is 4.00. The van der Waals surface area contributed by atoms with Crippen LogP contribution in [0.2, 0.25) is 0 Å². The van der Waals surface area contributed by atoms with Crippen LogP contribution in [0.1, 0.15) is 33.8 Å². The first-order chi connectivity index (χ1) is 14.2. The minimum atomic E-state index is 0.0664. The maximum absolute atomic E-state index is 13.1. The number of carbonyl (C=O) groups is 1. The first kappa shape index (κ1) is 19.1. The van der Waals surface area contributed by atoms with Crippen molar-refractivity contribution in [2.75, 3.05) is 27.3 Å². The van der Waals surface area contributed by atoms with E-state index in [2.05, 4.69) is 11.2 Å². The van der Waals surface area contributed by atoms with Crippen LogP contribution in [-0.2, 0) is 6.54 Å². The van der Waals surface area contributed by atoms with E-state index in [0.717, 1.165) is 35.6 Å². The van der Waals surface area contributed by atoms with Crippen LogP contribution in [0.3, 0.4) is 0 Å². The number of methoxy groups -OCH3 is 2. The van der Waals surface area contributed by atoms with E-state index in [0.29, 0.717) is 18.7 Å². The lowest BCUT2D eigenvalue weighted by Gasteiger charge is -2.19. The normalized spacial score (nSPS) is 16.1. The predicted molar refractivity (Wildman–Crippen MR) is 111 cm³/mol. The predicted octanol–water partition coefficient (Wildman–Crippen LogP) is 3.58. The van der Waals surface area contributed by atoms with Gasteiger partial charge in [-0.05, 0) is 36.2 Å². The van der Waals surface area contributed by atoms with Gasteiger partial charge in [0.05, 0.1) is 20.8 Å². The van der Waals surface area contributed by atoms with Crippen molar-refractivity contribution in [1.29, 1.82) is 0 Å². The number of likely N-dealkylation sites (tertiary alicyclic amines) is 1. The molecular weight excluding hydrogens is 366 g/mol. The molecule has 0 spiro atoms. The molecule has 0 saturated carbocycles. The molecule has 0 aliphatic carbocycles. The van der Waals surface area contributed by atoms with E-state index in [1.165, 1.54) is 0 Å². The summed E-state index contributed by atoms with van der Waals surface area (Å²) in [5.74, 6) is 1.78. The van der Waals surface area contributed by atoms with E-state index in [4.69, 9.17) is 9.47 Å². The van der Waals surface area contributed by atoms with Gasteiger partial charge in [0.25, 0.3) is 5.91 Å². The zero-order valence-electron chi connectivity index (χ0n) is 16.7. The number of ether oxygens (including phenoxy) is 2. The molecule has 1 fully saturated rings.